The summed E-state index contributed by atoms with van der Waals surface area (Å²) in [6.07, 6.45) is 2.02. The number of ketones is 1. The van der Waals surface area contributed by atoms with Crippen LogP contribution in [0.15, 0.2) is 42.5 Å². The van der Waals surface area contributed by atoms with E-state index in [4.69, 9.17) is 14.2 Å². The molecule has 33 heavy (non-hydrogen) atoms. The summed E-state index contributed by atoms with van der Waals surface area (Å²) in [5, 5.41) is 0. The highest BCUT2D eigenvalue weighted by Gasteiger charge is 2.27. The van der Waals surface area contributed by atoms with E-state index in [1.807, 2.05) is 12.1 Å². The molecule has 0 radical (unpaired) electrons. The predicted molar refractivity (Wildman–Crippen MR) is 116 cm³/mol. The molecule has 2 N–H and O–H groups in total. The number of aryl methyl sites for hydroxylation is 2. The van der Waals surface area contributed by atoms with Crippen LogP contribution in [0.4, 0.5) is 0 Å². The lowest BCUT2D eigenvalue weighted by atomic mass is 10.0. The second-order valence-electron chi connectivity index (χ2n) is 7.82. The van der Waals surface area contributed by atoms with Crippen LogP contribution in [-0.4, -0.2) is 42.9 Å². The number of carbonyl (C=O) groups excluding carboxylic acids is 4. The number of carbonyl (C=O) groups is 4. The minimum Gasteiger partial charge on any atom is -0.485 e. The fourth-order valence-corrected chi connectivity index (χ4v) is 3.72. The van der Waals surface area contributed by atoms with Crippen molar-refractivity contribution in [3.05, 3.63) is 59.2 Å². The van der Waals surface area contributed by atoms with Crippen molar-refractivity contribution < 1.29 is 33.4 Å². The first kappa shape index (κ1) is 22.3. The molecule has 0 spiro atoms. The number of ether oxygens (including phenoxy) is 3. The molecule has 172 valence electrons. The smallest absolute Gasteiger partial charge is 0.306 e. The van der Waals surface area contributed by atoms with Gasteiger partial charge in [-0.15, -0.1) is 0 Å². The fourth-order valence-electron chi connectivity index (χ4n) is 3.72. The standard InChI is InChI=1S/C24H24N2O7/c27-18(17-9-8-15-4-3-5-16(15)12-17)10-11-23(29)32-14-22(28)25-26-24(30)21-13-31-19-6-1-2-7-20(19)33-21/h1-2,6-9,12,21H,3-5,10-11,13-14H2,(H,25,28)(H,26,30). The normalized spacial score (nSPS) is 15.8. The van der Waals surface area contributed by atoms with Gasteiger partial charge in [0.2, 0.25) is 6.10 Å². The molecular weight excluding hydrogens is 428 g/mol. The Morgan fingerprint density at radius 3 is 2.58 bits per heavy atom. The third-order valence-electron chi connectivity index (χ3n) is 5.47. The molecule has 1 heterocycles. The molecule has 1 atom stereocenters. The number of hydrogen-bond acceptors (Lipinski definition) is 7. The van der Waals surface area contributed by atoms with Gasteiger partial charge in [0, 0.05) is 12.0 Å². The van der Waals surface area contributed by atoms with Gasteiger partial charge in [0.05, 0.1) is 6.42 Å². The molecule has 0 fully saturated rings. The van der Waals surface area contributed by atoms with Gasteiger partial charge in [-0.3, -0.25) is 30.0 Å². The fraction of sp³-hybridized carbons (Fsp3) is 0.333. The number of esters is 1. The van der Waals surface area contributed by atoms with Crippen molar-refractivity contribution in [1.29, 1.82) is 0 Å². The Morgan fingerprint density at radius 2 is 1.73 bits per heavy atom. The number of rotatable bonds is 7. The van der Waals surface area contributed by atoms with E-state index in [1.165, 1.54) is 11.1 Å². The summed E-state index contributed by atoms with van der Waals surface area (Å²) in [4.78, 5) is 48.2. The summed E-state index contributed by atoms with van der Waals surface area (Å²) in [6, 6.07) is 12.6. The first-order chi connectivity index (χ1) is 16.0. The molecule has 1 aliphatic carbocycles. The second-order valence-corrected chi connectivity index (χ2v) is 7.82. The Kier molecular flexibility index (Phi) is 6.87. The molecule has 9 nitrogen and oxygen atoms in total. The lowest BCUT2D eigenvalue weighted by Crippen LogP contribution is -2.51. The van der Waals surface area contributed by atoms with Crippen LogP contribution < -0.4 is 20.3 Å². The third kappa shape index (κ3) is 5.68. The number of nitrogens with one attached hydrogen (secondary N) is 2. The van der Waals surface area contributed by atoms with E-state index in [0.717, 1.165) is 19.3 Å². The summed E-state index contributed by atoms with van der Waals surface area (Å²) in [5.41, 5.74) is 7.41. The van der Waals surface area contributed by atoms with Gasteiger partial charge >= 0.3 is 5.97 Å². The molecule has 2 aromatic carbocycles. The number of benzene rings is 2. The van der Waals surface area contributed by atoms with Crippen molar-refractivity contribution in [2.24, 2.45) is 0 Å². The zero-order valence-electron chi connectivity index (χ0n) is 17.9. The zero-order chi connectivity index (χ0) is 23.2. The van der Waals surface area contributed by atoms with Crippen LogP contribution in [-0.2, 0) is 32.0 Å². The SMILES string of the molecule is O=C(COC(=O)CCC(=O)c1ccc2c(c1)CCC2)NNC(=O)C1COc2ccccc2O1. The molecule has 2 amide bonds. The molecule has 0 aromatic heterocycles. The lowest BCUT2D eigenvalue weighted by Gasteiger charge is -2.25. The van der Waals surface area contributed by atoms with Crippen LogP contribution >= 0.6 is 0 Å². The van der Waals surface area contributed by atoms with Gasteiger partial charge in [-0.05, 0) is 48.6 Å². The largest absolute Gasteiger partial charge is 0.485 e. The number of Topliss-reactive ketones (excluding diaryl/α,β-unsaturated/α-hetero) is 1. The summed E-state index contributed by atoms with van der Waals surface area (Å²) in [7, 11) is 0. The van der Waals surface area contributed by atoms with Crippen LogP contribution in [0.25, 0.3) is 0 Å². The molecule has 4 rings (SSSR count). The first-order valence-electron chi connectivity index (χ1n) is 10.8. The van der Waals surface area contributed by atoms with Gasteiger partial charge in [0.25, 0.3) is 11.8 Å². The number of para-hydroxylation sites is 2. The Balaban J connectivity index is 1.14. The van der Waals surface area contributed by atoms with Gasteiger partial charge in [-0.2, -0.15) is 0 Å². The Morgan fingerprint density at radius 1 is 0.939 bits per heavy atom. The molecule has 1 unspecified atom stereocenters. The predicted octanol–water partition coefficient (Wildman–Crippen LogP) is 1.67. The van der Waals surface area contributed by atoms with Crippen LogP contribution in [0.2, 0.25) is 0 Å². The van der Waals surface area contributed by atoms with E-state index >= 15 is 0 Å². The molecule has 9 heteroatoms. The van der Waals surface area contributed by atoms with Crippen molar-refractivity contribution in [2.45, 2.75) is 38.2 Å². The van der Waals surface area contributed by atoms with E-state index in [0.29, 0.717) is 17.1 Å². The maximum atomic E-state index is 12.3. The minimum atomic E-state index is -0.937. The first-order valence-corrected chi connectivity index (χ1v) is 10.8. The van der Waals surface area contributed by atoms with Crippen LogP contribution in [0, 0.1) is 0 Å². The minimum absolute atomic E-state index is 0.00350. The van der Waals surface area contributed by atoms with E-state index < -0.39 is 30.5 Å². The number of hydrogen-bond donors (Lipinski definition) is 2. The van der Waals surface area contributed by atoms with E-state index in [1.54, 1.807) is 30.3 Å². The second kappa shape index (κ2) is 10.2. The maximum absolute atomic E-state index is 12.3. The highest BCUT2D eigenvalue weighted by atomic mass is 16.6. The van der Waals surface area contributed by atoms with Gasteiger partial charge in [-0.1, -0.05) is 24.3 Å². The van der Waals surface area contributed by atoms with Crippen molar-refractivity contribution in [3.8, 4) is 11.5 Å². The molecule has 1 aliphatic heterocycles. The van der Waals surface area contributed by atoms with Crippen molar-refractivity contribution in [2.75, 3.05) is 13.2 Å². The molecule has 2 aromatic rings. The van der Waals surface area contributed by atoms with Crippen molar-refractivity contribution >= 4 is 23.6 Å². The van der Waals surface area contributed by atoms with Crippen molar-refractivity contribution in [1.82, 2.24) is 10.9 Å². The monoisotopic (exact) mass is 452 g/mol. The average molecular weight is 452 g/mol. The molecule has 0 saturated heterocycles. The Bertz CT molecular complexity index is 1080. The molecule has 0 saturated carbocycles. The van der Waals surface area contributed by atoms with Gasteiger partial charge in [0.1, 0.15) is 6.61 Å². The molecule has 0 bridgehead atoms. The maximum Gasteiger partial charge on any atom is 0.306 e. The average Bonchev–Trinajstić information content (AvgIpc) is 3.32. The van der Waals surface area contributed by atoms with E-state index in [2.05, 4.69) is 10.9 Å². The zero-order valence-corrected chi connectivity index (χ0v) is 17.9. The summed E-state index contributed by atoms with van der Waals surface area (Å²) in [6.45, 7) is -0.594. The van der Waals surface area contributed by atoms with Crippen molar-refractivity contribution in [3.63, 3.8) is 0 Å². The van der Waals surface area contributed by atoms with E-state index in [9.17, 15) is 19.2 Å². The highest BCUT2D eigenvalue weighted by Crippen LogP contribution is 2.30. The lowest BCUT2D eigenvalue weighted by molar-refractivity contribution is -0.149. The van der Waals surface area contributed by atoms with Gasteiger partial charge in [-0.25, -0.2) is 0 Å². The highest BCUT2D eigenvalue weighted by molar-refractivity contribution is 5.98. The summed E-state index contributed by atoms with van der Waals surface area (Å²) >= 11 is 0. The van der Waals surface area contributed by atoms with E-state index in [-0.39, 0.29) is 25.2 Å². The van der Waals surface area contributed by atoms with Crippen LogP contribution in [0.5, 0.6) is 11.5 Å². The van der Waals surface area contributed by atoms with Gasteiger partial charge < -0.3 is 14.2 Å². The topological polar surface area (TPSA) is 120 Å². The summed E-state index contributed by atoms with van der Waals surface area (Å²) < 4.78 is 15.9. The van der Waals surface area contributed by atoms with Crippen LogP contribution in [0.1, 0.15) is 40.7 Å². The number of hydrazine groups is 1. The Hall–Kier alpha value is -3.88. The number of amides is 2. The molecule has 2 aliphatic rings. The number of fused-ring (bicyclic) bond motifs is 2. The quantitative estimate of drug-likeness (QED) is 0.372. The Labute approximate surface area is 190 Å². The molecular formula is C24H24N2O7. The van der Waals surface area contributed by atoms with Crippen LogP contribution in [0.3, 0.4) is 0 Å². The van der Waals surface area contributed by atoms with Gasteiger partial charge in [0.15, 0.2) is 23.9 Å². The third-order valence-corrected chi connectivity index (χ3v) is 5.47. The summed E-state index contributed by atoms with van der Waals surface area (Å²) in [5.74, 6) is -1.19.